The summed E-state index contributed by atoms with van der Waals surface area (Å²) >= 11 is 0. The highest BCUT2D eigenvalue weighted by Gasteiger charge is 2.31. The van der Waals surface area contributed by atoms with Crippen LogP contribution in [0.15, 0.2) is 66.7 Å². The molecule has 1 atom stereocenters. The maximum Gasteiger partial charge on any atom is 0.310 e. The van der Waals surface area contributed by atoms with Crippen LogP contribution in [0, 0.1) is 11.7 Å². The van der Waals surface area contributed by atoms with Crippen LogP contribution >= 0.6 is 0 Å². The molecule has 1 fully saturated rings. The van der Waals surface area contributed by atoms with Crippen molar-refractivity contribution in [3.63, 3.8) is 0 Å². The van der Waals surface area contributed by atoms with E-state index in [9.17, 15) is 14.0 Å². The number of hydrogen-bond acceptors (Lipinski definition) is 5. The van der Waals surface area contributed by atoms with Crippen molar-refractivity contribution < 1.29 is 18.7 Å². The van der Waals surface area contributed by atoms with E-state index in [0.717, 1.165) is 5.56 Å². The summed E-state index contributed by atoms with van der Waals surface area (Å²) in [4.78, 5) is 32.3. The number of benzene rings is 2. The number of carbonyl (C=O) groups is 2. The molecular formula is C27H25FN4O3. The topological polar surface area (TPSA) is 76.8 Å². The fraction of sp³-hybridized carbons (Fsp3) is 0.259. The maximum atomic E-state index is 14.6. The lowest BCUT2D eigenvalue weighted by molar-refractivity contribution is -0.149. The van der Waals surface area contributed by atoms with Gasteiger partial charge in [-0.15, -0.1) is 0 Å². The Kier molecular flexibility index (Phi) is 6.27. The van der Waals surface area contributed by atoms with Crippen molar-refractivity contribution in [1.29, 1.82) is 0 Å². The molecule has 1 aliphatic heterocycles. The molecule has 4 aromatic rings. The second kappa shape index (κ2) is 9.66. The average molecular weight is 473 g/mol. The molecule has 1 unspecified atom stereocenters. The zero-order valence-electron chi connectivity index (χ0n) is 19.4. The van der Waals surface area contributed by atoms with E-state index in [1.54, 1.807) is 42.2 Å². The first kappa shape index (κ1) is 22.7. The van der Waals surface area contributed by atoms with Crippen LogP contribution in [0.4, 0.5) is 4.39 Å². The Hall–Kier alpha value is -4.07. The molecule has 2 aromatic heterocycles. The first-order valence-electron chi connectivity index (χ1n) is 11.7. The zero-order valence-corrected chi connectivity index (χ0v) is 19.4. The van der Waals surface area contributed by atoms with Gasteiger partial charge in [0, 0.05) is 30.3 Å². The Labute approximate surface area is 202 Å². The van der Waals surface area contributed by atoms with Crippen LogP contribution in [0.2, 0.25) is 0 Å². The van der Waals surface area contributed by atoms with Crippen LogP contribution in [-0.2, 0) is 9.53 Å². The summed E-state index contributed by atoms with van der Waals surface area (Å²) in [6.45, 7) is 2.85. The van der Waals surface area contributed by atoms with Gasteiger partial charge in [0.25, 0.3) is 5.91 Å². The molecule has 1 saturated heterocycles. The molecular weight excluding hydrogens is 447 g/mol. The van der Waals surface area contributed by atoms with Crippen LogP contribution in [0.25, 0.3) is 28.2 Å². The van der Waals surface area contributed by atoms with Gasteiger partial charge < -0.3 is 9.64 Å². The Morgan fingerprint density at radius 1 is 1.06 bits per heavy atom. The minimum atomic E-state index is -0.425. The van der Waals surface area contributed by atoms with Crippen molar-refractivity contribution in [3.8, 4) is 22.5 Å². The summed E-state index contributed by atoms with van der Waals surface area (Å²) in [5.41, 5.74) is 2.88. The smallest absolute Gasteiger partial charge is 0.310 e. The molecule has 7 nitrogen and oxygen atoms in total. The molecule has 0 spiro atoms. The van der Waals surface area contributed by atoms with Crippen LogP contribution in [0.5, 0.6) is 0 Å². The monoisotopic (exact) mass is 472 g/mol. The summed E-state index contributed by atoms with van der Waals surface area (Å²) in [6, 6.07) is 19.3. The highest BCUT2D eigenvalue weighted by molar-refractivity contribution is 5.95. The molecule has 35 heavy (non-hydrogen) atoms. The van der Waals surface area contributed by atoms with Gasteiger partial charge in [-0.2, -0.15) is 5.10 Å². The van der Waals surface area contributed by atoms with Gasteiger partial charge in [-0.1, -0.05) is 42.5 Å². The third kappa shape index (κ3) is 4.51. The Balaban J connectivity index is 1.59. The molecule has 2 aromatic carbocycles. The summed E-state index contributed by atoms with van der Waals surface area (Å²) in [6.07, 6.45) is 1.37. The first-order valence-corrected chi connectivity index (χ1v) is 11.7. The van der Waals surface area contributed by atoms with Crippen molar-refractivity contribution in [2.45, 2.75) is 19.8 Å². The SMILES string of the molecule is CCOC(=O)C1CCCN(C(=O)c2cc(-c3ccccc3F)nc3cc(-c4ccccc4)nn23)C1. The van der Waals surface area contributed by atoms with Gasteiger partial charge >= 0.3 is 5.97 Å². The maximum absolute atomic E-state index is 14.6. The highest BCUT2D eigenvalue weighted by atomic mass is 19.1. The first-order chi connectivity index (χ1) is 17.0. The standard InChI is InChI=1S/C27H25FN4O3/c1-2-35-27(34)19-11-8-14-31(17-19)26(33)24-15-23(20-12-6-7-13-21(20)28)29-25-16-22(30-32(24)25)18-9-4-3-5-10-18/h3-7,9-10,12-13,15-16,19H,2,8,11,14,17H2,1H3. The molecule has 3 heterocycles. The molecule has 5 rings (SSSR count). The predicted octanol–water partition coefficient (Wildman–Crippen LogP) is 4.62. The fourth-order valence-corrected chi connectivity index (χ4v) is 4.46. The van der Waals surface area contributed by atoms with Gasteiger partial charge in [0.05, 0.1) is 23.9 Å². The number of hydrogen-bond donors (Lipinski definition) is 0. The quantitative estimate of drug-likeness (QED) is 0.396. The number of carbonyl (C=O) groups excluding carboxylic acids is 2. The largest absolute Gasteiger partial charge is 0.466 e. The van der Waals surface area contributed by atoms with Gasteiger partial charge in [0.1, 0.15) is 11.5 Å². The fourth-order valence-electron chi connectivity index (χ4n) is 4.46. The van der Waals surface area contributed by atoms with Gasteiger partial charge in [-0.3, -0.25) is 9.59 Å². The summed E-state index contributed by atoms with van der Waals surface area (Å²) in [5, 5.41) is 4.66. The van der Waals surface area contributed by atoms with Gasteiger partial charge in [0.2, 0.25) is 0 Å². The summed E-state index contributed by atoms with van der Waals surface area (Å²) in [7, 11) is 0. The summed E-state index contributed by atoms with van der Waals surface area (Å²) < 4.78 is 21.3. The second-order valence-corrected chi connectivity index (χ2v) is 8.51. The van der Waals surface area contributed by atoms with E-state index in [4.69, 9.17) is 4.74 Å². The Morgan fingerprint density at radius 3 is 2.60 bits per heavy atom. The normalized spacial score (nSPS) is 15.8. The third-order valence-electron chi connectivity index (χ3n) is 6.19. The third-order valence-corrected chi connectivity index (χ3v) is 6.19. The van der Waals surface area contributed by atoms with Crippen molar-refractivity contribution >= 4 is 17.5 Å². The molecule has 0 radical (unpaired) electrons. The van der Waals surface area contributed by atoms with E-state index >= 15 is 0 Å². The number of likely N-dealkylation sites (tertiary alicyclic amines) is 1. The van der Waals surface area contributed by atoms with E-state index in [1.165, 1.54) is 10.6 Å². The van der Waals surface area contributed by atoms with Gasteiger partial charge in [-0.05, 0) is 38.0 Å². The number of piperidine rings is 1. The van der Waals surface area contributed by atoms with E-state index < -0.39 is 5.82 Å². The average Bonchev–Trinajstić information content (AvgIpc) is 3.33. The second-order valence-electron chi connectivity index (χ2n) is 8.51. The molecule has 0 bridgehead atoms. The molecule has 0 saturated carbocycles. The molecule has 1 aliphatic rings. The number of fused-ring (bicyclic) bond motifs is 1. The van der Waals surface area contributed by atoms with Crippen molar-refractivity contribution in [1.82, 2.24) is 19.5 Å². The van der Waals surface area contributed by atoms with Gasteiger partial charge in [-0.25, -0.2) is 13.9 Å². The number of aromatic nitrogens is 3. The lowest BCUT2D eigenvalue weighted by Gasteiger charge is -2.31. The van der Waals surface area contributed by atoms with Crippen molar-refractivity contribution in [2.75, 3.05) is 19.7 Å². The minimum absolute atomic E-state index is 0.264. The van der Waals surface area contributed by atoms with Crippen LogP contribution in [0.1, 0.15) is 30.3 Å². The lowest BCUT2D eigenvalue weighted by atomic mass is 9.98. The number of ether oxygens (including phenoxy) is 1. The van der Waals surface area contributed by atoms with E-state index in [2.05, 4.69) is 10.1 Å². The minimum Gasteiger partial charge on any atom is -0.466 e. The van der Waals surface area contributed by atoms with Crippen molar-refractivity contribution in [2.24, 2.45) is 5.92 Å². The molecule has 0 N–H and O–H groups in total. The van der Waals surface area contributed by atoms with Crippen LogP contribution in [-0.4, -0.2) is 51.1 Å². The highest BCUT2D eigenvalue weighted by Crippen LogP contribution is 2.27. The number of esters is 1. The predicted molar refractivity (Wildman–Crippen MR) is 129 cm³/mol. The van der Waals surface area contributed by atoms with E-state index in [0.29, 0.717) is 48.6 Å². The Morgan fingerprint density at radius 2 is 1.83 bits per heavy atom. The van der Waals surface area contributed by atoms with Crippen LogP contribution < -0.4 is 0 Å². The Bertz CT molecular complexity index is 1390. The van der Waals surface area contributed by atoms with Crippen LogP contribution in [0.3, 0.4) is 0 Å². The zero-order chi connectivity index (χ0) is 24.4. The number of amides is 1. The molecule has 8 heteroatoms. The number of nitrogens with zero attached hydrogens (tertiary/aromatic N) is 4. The lowest BCUT2D eigenvalue weighted by Crippen LogP contribution is -2.43. The summed E-state index contributed by atoms with van der Waals surface area (Å²) in [5.74, 6) is -1.37. The van der Waals surface area contributed by atoms with E-state index in [1.807, 2.05) is 30.3 Å². The van der Waals surface area contributed by atoms with Gasteiger partial charge in [0.15, 0.2) is 5.65 Å². The van der Waals surface area contributed by atoms with Crippen molar-refractivity contribution in [3.05, 3.63) is 78.2 Å². The number of rotatable bonds is 5. The van der Waals surface area contributed by atoms with E-state index in [-0.39, 0.29) is 30.0 Å². The molecule has 0 aliphatic carbocycles. The number of halogens is 1. The molecule has 1 amide bonds. The molecule has 178 valence electrons.